The van der Waals surface area contributed by atoms with E-state index < -0.39 is 10.8 Å². The van der Waals surface area contributed by atoms with Crippen molar-refractivity contribution in [1.29, 1.82) is 0 Å². The molecule has 0 aliphatic rings. The lowest BCUT2D eigenvalue weighted by Crippen LogP contribution is -2.32. The summed E-state index contributed by atoms with van der Waals surface area (Å²) in [7, 11) is 1.50. The van der Waals surface area contributed by atoms with Crippen LogP contribution in [-0.2, 0) is 4.74 Å². The van der Waals surface area contributed by atoms with Crippen molar-refractivity contribution in [3.63, 3.8) is 0 Å². The molecule has 0 aliphatic carbocycles. The molecular formula is C13H17ClN2O5. The zero-order valence-corrected chi connectivity index (χ0v) is 12.6. The molecule has 8 heteroatoms. The fraction of sp³-hybridized carbons (Fsp3) is 0.462. The Balaban J connectivity index is 2.92. The summed E-state index contributed by atoms with van der Waals surface area (Å²) < 4.78 is 10.1. The number of benzene rings is 1. The Morgan fingerprint density at radius 1 is 1.52 bits per heavy atom. The smallest absolute Gasteiger partial charge is 0.311 e. The molecule has 0 radical (unpaired) electrons. The van der Waals surface area contributed by atoms with E-state index in [0.29, 0.717) is 0 Å². The summed E-state index contributed by atoms with van der Waals surface area (Å²) in [6.45, 7) is 2.37. The Labute approximate surface area is 127 Å². The fourth-order valence-electron chi connectivity index (χ4n) is 1.68. The zero-order chi connectivity index (χ0) is 15.8. The van der Waals surface area contributed by atoms with Crippen LogP contribution in [-0.4, -0.2) is 43.1 Å². The molecule has 0 aliphatic heterocycles. The number of hydrogen-bond acceptors (Lipinski definition) is 5. The van der Waals surface area contributed by atoms with Gasteiger partial charge in [0.15, 0.2) is 0 Å². The van der Waals surface area contributed by atoms with Crippen LogP contribution in [0.25, 0.3) is 0 Å². The highest BCUT2D eigenvalue weighted by molar-refractivity contribution is 6.21. The molecule has 0 bridgehead atoms. The highest BCUT2D eigenvalue weighted by atomic mass is 35.5. The minimum atomic E-state index is -0.586. The van der Waals surface area contributed by atoms with Gasteiger partial charge in [0, 0.05) is 19.7 Å². The van der Waals surface area contributed by atoms with Crippen LogP contribution in [0.4, 0.5) is 5.69 Å². The third kappa shape index (κ3) is 4.87. The molecule has 0 spiro atoms. The van der Waals surface area contributed by atoms with E-state index in [0.717, 1.165) is 0 Å². The molecule has 0 fully saturated rings. The lowest BCUT2D eigenvalue weighted by Gasteiger charge is -2.12. The molecule has 1 aromatic carbocycles. The number of nitro benzene ring substituents is 1. The van der Waals surface area contributed by atoms with Crippen molar-refractivity contribution < 1.29 is 19.2 Å². The zero-order valence-electron chi connectivity index (χ0n) is 11.8. The van der Waals surface area contributed by atoms with Crippen LogP contribution in [0.2, 0.25) is 0 Å². The Morgan fingerprint density at radius 3 is 2.81 bits per heavy atom. The van der Waals surface area contributed by atoms with Crippen LogP contribution in [0.15, 0.2) is 18.2 Å². The topological polar surface area (TPSA) is 90.7 Å². The van der Waals surface area contributed by atoms with Gasteiger partial charge in [0.25, 0.3) is 5.91 Å². The number of hydrogen-bond donors (Lipinski definition) is 1. The predicted octanol–water partition coefficient (Wildman–Crippen LogP) is 1.98. The number of nitro groups is 1. The van der Waals surface area contributed by atoms with Crippen molar-refractivity contribution in [2.75, 3.05) is 26.9 Å². The first-order chi connectivity index (χ1) is 10.0. The van der Waals surface area contributed by atoms with Gasteiger partial charge in [0.05, 0.1) is 29.1 Å². The summed E-state index contributed by atoms with van der Waals surface area (Å²) in [5.74, 6) is -0.524. The van der Waals surface area contributed by atoms with Gasteiger partial charge >= 0.3 is 5.69 Å². The first-order valence-electron chi connectivity index (χ1n) is 6.32. The first kappa shape index (κ1) is 17.2. The number of nitrogens with zero attached hydrogens (tertiary/aromatic N) is 1. The summed E-state index contributed by atoms with van der Waals surface area (Å²) in [5.41, 5.74) is -0.142. The van der Waals surface area contributed by atoms with Gasteiger partial charge in [-0.1, -0.05) is 6.07 Å². The SMILES string of the molecule is CCOc1c(C(=O)NCC(Cl)COC)cccc1[N+](=O)[O-]. The maximum atomic E-state index is 12.1. The van der Waals surface area contributed by atoms with Crippen molar-refractivity contribution in [1.82, 2.24) is 5.32 Å². The summed E-state index contributed by atoms with van der Waals surface area (Å²) in [5, 5.41) is 13.2. The van der Waals surface area contributed by atoms with E-state index in [-0.39, 0.29) is 42.1 Å². The summed E-state index contributed by atoms with van der Waals surface area (Å²) in [4.78, 5) is 22.5. The standard InChI is InChI=1S/C13H17ClN2O5/c1-3-21-12-10(5-4-6-11(12)16(18)19)13(17)15-7-9(14)8-20-2/h4-6,9H,3,7-8H2,1-2H3,(H,15,17). The molecule has 0 heterocycles. The molecule has 7 nitrogen and oxygen atoms in total. The fourth-order valence-corrected chi connectivity index (χ4v) is 1.89. The maximum absolute atomic E-state index is 12.1. The van der Waals surface area contributed by atoms with E-state index in [1.165, 1.54) is 25.3 Å². The number of alkyl halides is 1. The summed E-state index contributed by atoms with van der Waals surface area (Å²) in [6, 6.07) is 4.19. The maximum Gasteiger partial charge on any atom is 0.311 e. The van der Waals surface area contributed by atoms with Crippen LogP contribution >= 0.6 is 11.6 Å². The van der Waals surface area contributed by atoms with Gasteiger partial charge in [0.2, 0.25) is 5.75 Å². The molecule has 1 rings (SSSR count). The van der Waals surface area contributed by atoms with Crippen LogP contribution in [0.1, 0.15) is 17.3 Å². The third-order valence-corrected chi connectivity index (χ3v) is 2.84. The Hall–Kier alpha value is -1.86. The van der Waals surface area contributed by atoms with E-state index in [9.17, 15) is 14.9 Å². The van der Waals surface area contributed by atoms with Gasteiger partial charge < -0.3 is 14.8 Å². The van der Waals surface area contributed by atoms with Crippen molar-refractivity contribution in [3.05, 3.63) is 33.9 Å². The average Bonchev–Trinajstić information content (AvgIpc) is 2.45. The van der Waals surface area contributed by atoms with Crippen molar-refractivity contribution in [2.45, 2.75) is 12.3 Å². The number of rotatable bonds is 8. The first-order valence-corrected chi connectivity index (χ1v) is 6.76. The lowest BCUT2D eigenvalue weighted by atomic mass is 10.1. The van der Waals surface area contributed by atoms with Gasteiger partial charge in [-0.2, -0.15) is 0 Å². The number of ether oxygens (including phenoxy) is 2. The van der Waals surface area contributed by atoms with Crippen molar-refractivity contribution in [2.24, 2.45) is 0 Å². The van der Waals surface area contributed by atoms with E-state index >= 15 is 0 Å². The number of methoxy groups -OCH3 is 1. The molecule has 116 valence electrons. The van der Waals surface area contributed by atoms with Crippen LogP contribution in [0.5, 0.6) is 5.75 Å². The number of carbonyl (C=O) groups excluding carboxylic acids is 1. The van der Waals surface area contributed by atoms with Gasteiger partial charge in [-0.05, 0) is 13.0 Å². The number of carbonyl (C=O) groups is 1. The molecule has 21 heavy (non-hydrogen) atoms. The third-order valence-electron chi connectivity index (χ3n) is 2.56. The molecule has 1 unspecified atom stereocenters. The lowest BCUT2D eigenvalue weighted by molar-refractivity contribution is -0.385. The quantitative estimate of drug-likeness (QED) is 0.450. The van der Waals surface area contributed by atoms with Crippen molar-refractivity contribution in [3.8, 4) is 5.75 Å². The molecule has 0 saturated heterocycles. The second kappa shape index (κ2) is 8.43. The average molecular weight is 317 g/mol. The highest BCUT2D eigenvalue weighted by Crippen LogP contribution is 2.30. The number of para-hydroxylation sites is 1. The molecule has 1 atom stereocenters. The Morgan fingerprint density at radius 2 is 2.24 bits per heavy atom. The molecule has 1 N–H and O–H groups in total. The summed E-state index contributed by atoms with van der Waals surface area (Å²) >= 11 is 5.92. The van der Waals surface area contributed by atoms with Gasteiger partial charge in [-0.15, -0.1) is 11.6 Å². The number of amides is 1. The minimum Gasteiger partial charge on any atom is -0.487 e. The molecule has 0 saturated carbocycles. The molecule has 1 aromatic rings. The molecule has 0 aromatic heterocycles. The normalized spacial score (nSPS) is 11.8. The molecular weight excluding hydrogens is 300 g/mol. The van der Waals surface area contributed by atoms with E-state index in [2.05, 4.69) is 5.32 Å². The monoisotopic (exact) mass is 316 g/mol. The van der Waals surface area contributed by atoms with Crippen LogP contribution in [0.3, 0.4) is 0 Å². The second-order valence-corrected chi connectivity index (χ2v) is 4.72. The number of halogens is 1. The summed E-state index contributed by atoms with van der Waals surface area (Å²) in [6.07, 6.45) is 0. The number of nitrogens with one attached hydrogen (secondary N) is 1. The van der Waals surface area contributed by atoms with E-state index in [4.69, 9.17) is 21.1 Å². The minimum absolute atomic E-state index is 0.0413. The van der Waals surface area contributed by atoms with Crippen LogP contribution < -0.4 is 10.1 Å². The van der Waals surface area contributed by atoms with E-state index in [1.54, 1.807) is 6.92 Å². The molecule has 1 amide bonds. The Bertz CT molecular complexity index is 509. The van der Waals surface area contributed by atoms with Gasteiger partial charge in [-0.25, -0.2) is 0 Å². The largest absolute Gasteiger partial charge is 0.487 e. The van der Waals surface area contributed by atoms with Crippen molar-refractivity contribution >= 4 is 23.2 Å². The van der Waals surface area contributed by atoms with Gasteiger partial charge in [-0.3, -0.25) is 14.9 Å². The van der Waals surface area contributed by atoms with Crippen LogP contribution in [0, 0.1) is 10.1 Å². The predicted molar refractivity (Wildman–Crippen MR) is 78.1 cm³/mol. The second-order valence-electron chi connectivity index (χ2n) is 4.11. The highest BCUT2D eigenvalue weighted by Gasteiger charge is 2.23. The van der Waals surface area contributed by atoms with E-state index in [1.807, 2.05) is 0 Å². The Kier molecular flexibility index (Phi) is 6.90. The van der Waals surface area contributed by atoms with Gasteiger partial charge in [0.1, 0.15) is 0 Å².